The minimum Gasteiger partial charge on any atom is -0.364 e. The number of nitro groups is 1. The predicted octanol–water partition coefficient (Wildman–Crippen LogP) is 1.20. The van der Waals surface area contributed by atoms with Crippen LogP contribution in [-0.2, 0) is 11.3 Å². The van der Waals surface area contributed by atoms with E-state index in [2.05, 4.69) is 15.7 Å². The van der Waals surface area contributed by atoms with Crippen LogP contribution in [0.15, 0.2) is 0 Å². The zero-order valence-corrected chi connectivity index (χ0v) is 11.7. The molecule has 1 aromatic heterocycles. The molecule has 1 fully saturated rings. The Kier molecular flexibility index (Phi) is 4.21. The molecule has 8 heteroatoms. The lowest BCUT2D eigenvalue weighted by Gasteiger charge is -2.07. The molecule has 1 heterocycles. The smallest absolute Gasteiger partial charge is 0.333 e. The van der Waals surface area contributed by atoms with Gasteiger partial charge in [-0.3, -0.25) is 14.9 Å². The van der Waals surface area contributed by atoms with Crippen molar-refractivity contribution in [2.75, 3.05) is 11.9 Å². The molecule has 20 heavy (non-hydrogen) atoms. The molecular formula is C12H19N5O3. The van der Waals surface area contributed by atoms with Crippen molar-refractivity contribution < 1.29 is 9.72 Å². The fourth-order valence-electron chi connectivity index (χ4n) is 2.02. The first-order valence-corrected chi connectivity index (χ1v) is 6.78. The van der Waals surface area contributed by atoms with Gasteiger partial charge in [0, 0.05) is 25.6 Å². The van der Waals surface area contributed by atoms with Crippen molar-refractivity contribution >= 4 is 17.4 Å². The molecule has 2 N–H and O–H groups in total. The molecule has 1 aliphatic rings. The Balaban J connectivity index is 1.96. The summed E-state index contributed by atoms with van der Waals surface area (Å²) in [7, 11) is 0. The minimum atomic E-state index is -0.443. The summed E-state index contributed by atoms with van der Waals surface area (Å²) in [5.41, 5.74) is 0.358. The first kappa shape index (κ1) is 14.3. The van der Waals surface area contributed by atoms with Crippen molar-refractivity contribution in [2.45, 2.75) is 45.7 Å². The van der Waals surface area contributed by atoms with Gasteiger partial charge < -0.3 is 10.6 Å². The average molecular weight is 281 g/mol. The number of carbonyl (C=O) groups excluding carboxylic acids is 1. The molecule has 0 atom stereocenters. The third kappa shape index (κ3) is 3.25. The zero-order valence-electron chi connectivity index (χ0n) is 11.7. The molecule has 8 nitrogen and oxygen atoms in total. The van der Waals surface area contributed by atoms with Crippen LogP contribution < -0.4 is 10.6 Å². The monoisotopic (exact) mass is 281 g/mol. The highest BCUT2D eigenvalue weighted by atomic mass is 16.6. The van der Waals surface area contributed by atoms with Crippen LogP contribution in [0.5, 0.6) is 0 Å². The first-order valence-electron chi connectivity index (χ1n) is 6.78. The van der Waals surface area contributed by atoms with Crippen LogP contribution in [0.25, 0.3) is 0 Å². The van der Waals surface area contributed by atoms with Crippen LogP contribution in [0, 0.1) is 17.0 Å². The third-order valence-electron chi connectivity index (χ3n) is 3.16. The number of anilines is 1. The molecule has 2 rings (SSSR count). The Morgan fingerprint density at radius 2 is 2.25 bits per heavy atom. The Labute approximate surface area is 116 Å². The summed E-state index contributed by atoms with van der Waals surface area (Å²) in [5.74, 6) is 0.344. The van der Waals surface area contributed by atoms with Gasteiger partial charge in [0.1, 0.15) is 5.69 Å². The van der Waals surface area contributed by atoms with Crippen molar-refractivity contribution in [3.8, 4) is 0 Å². The number of hydrogen-bond donors (Lipinski definition) is 2. The van der Waals surface area contributed by atoms with Crippen LogP contribution >= 0.6 is 0 Å². The second-order valence-corrected chi connectivity index (χ2v) is 4.87. The van der Waals surface area contributed by atoms with Gasteiger partial charge in [0.25, 0.3) is 0 Å². The summed E-state index contributed by atoms with van der Waals surface area (Å²) in [6.45, 7) is 4.35. The largest absolute Gasteiger partial charge is 0.364 e. The number of rotatable bonds is 7. The lowest BCUT2D eigenvalue weighted by Crippen LogP contribution is -2.27. The average Bonchev–Trinajstić information content (AvgIpc) is 3.12. The van der Waals surface area contributed by atoms with Gasteiger partial charge in [-0.15, -0.1) is 0 Å². The summed E-state index contributed by atoms with van der Waals surface area (Å²) in [6, 6.07) is 0.334. The summed E-state index contributed by atoms with van der Waals surface area (Å²) in [5, 5.41) is 21.0. The molecule has 0 unspecified atom stereocenters. The summed E-state index contributed by atoms with van der Waals surface area (Å²) in [4.78, 5) is 22.2. The van der Waals surface area contributed by atoms with Crippen LogP contribution in [0.4, 0.5) is 11.5 Å². The van der Waals surface area contributed by atoms with Gasteiger partial charge in [0.05, 0.1) is 4.92 Å². The van der Waals surface area contributed by atoms with Crippen LogP contribution in [0.3, 0.4) is 0 Å². The molecule has 1 saturated carbocycles. The van der Waals surface area contributed by atoms with Gasteiger partial charge in [-0.2, -0.15) is 5.10 Å². The minimum absolute atomic E-state index is 0.0190. The van der Waals surface area contributed by atoms with Gasteiger partial charge >= 0.3 is 5.69 Å². The SMILES string of the molecule is CCn1nc(C)c([N+](=O)[O-])c1NCCC(=O)NC1CC1. The van der Waals surface area contributed by atoms with E-state index in [-0.39, 0.29) is 11.6 Å². The normalized spacial score (nSPS) is 14.1. The second-order valence-electron chi connectivity index (χ2n) is 4.87. The van der Waals surface area contributed by atoms with Gasteiger partial charge in [0.15, 0.2) is 0 Å². The van der Waals surface area contributed by atoms with E-state index < -0.39 is 4.92 Å². The fourth-order valence-corrected chi connectivity index (χ4v) is 2.02. The quantitative estimate of drug-likeness (QED) is 0.577. The molecule has 0 radical (unpaired) electrons. The predicted molar refractivity (Wildman–Crippen MR) is 73.6 cm³/mol. The van der Waals surface area contributed by atoms with E-state index in [0.717, 1.165) is 12.8 Å². The topological polar surface area (TPSA) is 102 Å². The number of nitrogens with one attached hydrogen (secondary N) is 2. The standard InChI is InChI=1S/C12H19N5O3/c1-3-16-12(11(17(19)20)8(2)15-16)13-7-6-10(18)14-9-4-5-9/h9,13H,3-7H2,1-2H3,(H,14,18). The lowest BCUT2D eigenvalue weighted by molar-refractivity contribution is -0.384. The molecule has 0 spiro atoms. The third-order valence-corrected chi connectivity index (χ3v) is 3.16. The summed E-state index contributed by atoms with van der Waals surface area (Å²) < 4.78 is 1.55. The second kappa shape index (κ2) is 5.89. The van der Waals surface area contributed by atoms with Gasteiger partial charge in [-0.25, -0.2) is 4.68 Å². The highest BCUT2D eigenvalue weighted by molar-refractivity contribution is 5.77. The Morgan fingerprint density at radius 3 is 2.80 bits per heavy atom. The fraction of sp³-hybridized carbons (Fsp3) is 0.667. The first-order chi connectivity index (χ1) is 9.52. The number of carbonyl (C=O) groups is 1. The zero-order chi connectivity index (χ0) is 14.7. The van der Waals surface area contributed by atoms with E-state index in [4.69, 9.17) is 0 Å². The Bertz CT molecular complexity index is 521. The molecule has 0 bridgehead atoms. The highest BCUT2D eigenvalue weighted by Gasteiger charge is 2.25. The molecule has 0 aromatic carbocycles. The molecule has 0 saturated heterocycles. The van der Waals surface area contributed by atoms with E-state index in [1.54, 1.807) is 11.6 Å². The molecule has 1 aliphatic carbocycles. The Hall–Kier alpha value is -2.12. The van der Waals surface area contributed by atoms with Crippen molar-refractivity contribution in [2.24, 2.45) is 0 Å². The lowest BCUT2D eigenvalue weighted by atomic mass is 10.3. The van der Waals surface area contributed by atoms with Crippen LogP contribution in [0.2, 0.25) is 0 Å². The Morgan fingerprint density at radius 1 is 1.55 bits per heavy atom. The maximum Gasteiger partial charge on any atom is 0.333 e. The van der Waals surface area contributed by atoms with Crippen LogP contribution in [0.1, 0.15) is 31.9 Å². The van der Waals surface area contributed by atoms with Gasteiger partial charge in [-0.05, 0) is 26.7 Å². The molecule has 1 amide bonds. The van der Waals surface area contributed by atoms with Crippen molar-refractivity contribution in [1.82, 2.24) is 15.1 Å². The van der Waals surface area contributed by atoms with E-state index in [0.29, 0.717) is 37.1 Å². The number of amides is 1. The maximum absolute atomic E-state index is 11.6. The van der Waals surface area contributed by atoms with E-state index in [1.165, 1.54) is 0 Å². The number of hydrogen-bond acceptors (Lipinski definition) is 5. The molecule has 110 valence electrons. The maximum atomic E-state index is 11.6. The van der Waals surface area contributed by atoms with Gasteiger partial charge in [-0.1, -0.05) is 0 Å². The highest BCUT2D eigenvalue weighted by Crippen LogP contribution is 2.28. The van der Waals surface area contributed by atoms with Crippen molar-refractivity contribution in [3.63, 3.8) is 0 Å². The number of aromatic nitrogens is 2. The number of aryl methyl sites for hydroxylation is 2. The van der Waals surface area contributed by atoms with E-state index >= 15 is 0 Å². The van der Waals surface area contributed by atoms with Crippen LogP contribution in [-0.4, -0.2) is 33.2 Å². The van der Waals surface area contributed by atoms with E-state index in [1.807, 2.05) is 6.92 Å². The van der Waals surface area contributed by atoms with Gasteiger partial charge in [0.2, 0.25) is 11.7 Å². The molecular weight excluding hydrogens is 262 g/mol. The van der Waals surface area contributed by atoms with Crippen molar-refractivity contribution in [1.29, 1.82) is 0 Å². The summed E-state index contributed by atoms with van der Waals surface area (Å²) >= 11 is 0. The van der Waals surface area contributed by atoms with E-state index in [9.17, 15) is 14.9 Å². The molecule has 0 aliphatic heterocycles. The summed E-state index contributed by atoms with van der Waals surface area (Å²) in [6.07, 6.45) is 2.39. The number of nitrogens with zero attached hydrogens (tertiary/aromatic N) is 3. The van der Waals surface area contributed by atoms with Crippen molar-refractivity contribution in [3.05, 3.63) is 15.8 Å². The molecule has 1 aromatic rings.